The van der Waals surface area contributed by atoms with Crippen molar-refractivity contribution in [3.8, 4) is 28.5 Å². The molecule has 4 aromatic heterocycles. The predicted molar refractivity (Wildman–Crippen MR) is 112 cm³/mol. The number of hydrogen-bond acceptors (Lipinski definition) is 7. The highest BCUT2D eigenvalue weighted by atomic mass is 16.5. The minimum absolute atomic E-state index is 0.462. The Kier molecular flexibility index (Phi) is 4.13. The van der Waals surface area contributed by atoms with E-state index in [9.17, 15) is 0 Å². The Morgan fingerprint density at radius 1 is 1.10 bits per heavy atom. The maximum atomic E-state index is 6.05. The number of fused-ring (bicyclic) bond motifs is 3. The molecule has 0 radical (unpaired) electrons. The van der Waals surface area contributed by atoms with E-state index in [1.165, 1.54) is 0 Å². The molecule has 0 saturated heterocycles. The first-order valence-corrected chi connectivity index (χ1v) is 9.44. The molecule has 0 spiro atoms. The molecule has 0 aliphatic rings. The number of pyridine rings is 1. The molecule has 150 valence electrons. The standard InChI is InChI=1S/C22H19N5O3/c1-11-19(12(2)30-27-11)16-8-17-15(9-18(16)28-4)20-21(26-17)24-13(3)25-22(20)29-14-6-5-7-23-10-14/h5-10H,1-4H3,(H,24,25,26). The molecule has 0 fully saturated rings. The fraction of sp³-hybridized carbons (Fsp3) is 0.182. The molecule has 5 rings (SSSR count). The average Bonchev–Trinajstić information content (AvgIpc) is 3.26. The zero-order chi connectivity index (χ0) is 20.8. The summed E-state index contributed by atoms with van der Waals surface area (Å²) in [5, 5.41) is 5.75. The topological polar surface area (TPSA) is 99.0 Å². The van der Waals surface area contributed by atoms with Crippen molar-refractivity contribution in [1.82, 2.24) is 25.1 Å². The highest BCUT2D eigenvalue weighted by molar-refractivity contribution is 6.10. The van der Waals surface area contributed by atoms with E-state index in [2.05, 4.69) is 25.1 Å². The summed E-state index contributed by atoms with van der Waals surface area (Å²) in [6.45, 7) is 5.63. The van der Waals surface area contributed by atoms with E-state index in [0.717, 1.165) is 38.9 Å². The van der Waals surface area contributed by atoms with Gasteiger partial charge < -0.3 is 19.0 Å². The summed E-state index contributed by atoms with van der Waals surface area (Å²) >= 11 is 0. The third-order valence-corrected chi connectivity index (χ3v) is 5.00. The fourth-order valence-electron chi connectivity index (χ4n) is 3.72. The second-order valence-electron chi connectivity index (χ2n) is 7.01. The summed E-state index contributed by atoms with van der Waals surface area (Å²) in [6, 6.07) is 7.63. The van der Waals surface area contributed by atoms with Crippen molar-refractivity contribution < 1.29 is 14.0 Å². The van der Waals surface area contributed by atoms with Crippen LogP contribution in [0.3, 0.4) is 0 Å². The zero-order valence-electron chi connectivity index (χ0n) is 17.0. The molecule has 4 heterocycles. The SMILES string of the molecule is COc1cc2c(cc1-c1c(C)noc1C)[nH]c1nc(C)nc(Oc3cccnc3)c12. The van der Waals surface area contributed by atoms with Crippen molar-refractivity contribution in [2.45, 2.75) is 20.8 Å². The second-order valence-corrected chi connectivity index (χ2v) is 7.01. The quantitative estimate of drug-likeness (QED) is 0.458. The molecule has 1 aromatic carbocycles. The lowest BCUT2D eigenvalue weighted by atomic mass is 10.0. The van der Waals surface area contributed by atoms with Gasteiger partial charge in [-0.25, -0.2) is 4.98 Å². The third kappa shape index (κ3) is 2.85. The van der Waals surface area contributed by atoms with Gasteiger partial charge in [0, 0.05) is 22.7 Å². The van der Waals surface area contributed by atoms with E-state index >= 15 is 0 Å². The number of rotatable bonds is 4. The number of H-pyrrole nitrogens is 1. The van der Waals surface area contributed by atoms with E-state index in [-0.39, 0.29) is 0 Å². The number of ether oxygens (including phenoxy) is 2. The van der Waals surface area contributed by atoms with Crippen molar-refractivity contribution in [2.75, 3.05) is 7.11 Å². The highest BCUT2D eigenvalue weighted by Crippen LogP contribution is 2.41. The van der Waals surface area contributed by atoms with Crippen LogP contribution < -0.4 is 9.47 Å². The molecule has 8 nitrogen and oxygen atoms in total. The zero-order valence-corrected chi connectivity index (χ0v) is 17.0. The molecule has 0 bridgehead atoms. The van der Waals surface area contributed by atoms with Crippen LogP contribution in [0, 0.1) is 20.8 Å². The van der Waals surface area contributed by atoms with Crippen molar-refractivity contribution in [3.63, 3.8) is 0 Å². The predicted octanol–water partition coefficient (Wildman–Crippen LogP) is 4.89. The van der Waals surface area contributed by atoms with Gasteiger partial charge in [0.05, 0.1) is 30.0 Å². The van der Waals surface area contributed by atoms with Gasteiger partial charge in [0.25, 0.3) is 0 Å². The molecule has 0 amide bonds. The Balaban J connectivity index is 1.77. The summed E-state index contributed by atoms with van der Waals surface area (Å²) in [5.74, 6) is 3.10. The summed E-state index contributed by atoms with van der Waals surface area (Å²) in [6.07, 6.45) is 3.34. The smallest absolute Gasteiger partial charge is 0.232 e. The van der Waals surface area contributed by atoms with E-state index in [0.29, 0.717) is 28.9 Å². The van der Waals surface area contributed by atoms with Crippen molar-refractivity contribution in [1.29, 1.82) is 0 Å². The number of nitrogens with zero attached hydrogens (tertiary/aromatic N) is 4. The van der Waals surface area contributed by atoms with Crippen LogP contribution >= 0.6 is 0 Å². The molecule has 0 saturated carbocycles. The number of aryl methyl sites for hydroxylation is 3. The van der Waals surface area contributed by atoms with Gasteiger partial charge in [-0.05, 0) is 45.0 Å². The van der Waals surface area contributed by atoms with Crippen LogP contribution in [0.2, 0.25) is 0 Å². The normalized spacial score (nSPS) is 11.3. The van der Waals surface area contributed by atoms with Crippen LogP contribution in [0.5, 0.6) is 17.4 Å². The fourth-order valence-corrected chi connectivity index (χ4v) is 3.72. The molecular weight excluding hydrogens is 382 g/mol. The van der Waals surface area contributed by atoms with Crippen molar-refractivity contribution in [2.24, 2.45) is 0 Å². The Morgan fingerprint density at radius 3 is 2.67 bits per heavy atom. The lowest BCUT2D eigenvalue weighted by molar-refractivity contribution is 0.393. The van der Waals surface area contributed by atoms with Crippen molar-refractivity contribution >= 4 is 21.9 Å². The molecule has 1 N–H and O–H groups in total. The van der Waals surface area contributed by atoms with Gasteiger partial charge in [-0.3, -0.25) is 4.98 Å². The van der Waals surface area contributed by atoms with E-state index < -0.39 is 0 Å². The summed E-state index contributed by atoms with van der Waals surface area (Å²) in [4.78, 5) is 16.6. The Morgan fingerprint density at radius 2 is 1.97 bits per heavy atom. The molecule has 0 aliphatic carbocycles. The first kappa shape index (κ1) is 18.1. The van der Waals surface area contributed by atoms with Gasteiger partial charge in [-0.1, -0.05) is 5.16 Å². The van der Waals surface area contributed by atoms with Gasteiger partial charge in [0.1, 0.15) is 28.7 Å². The van der Waals surface area contributed by atoms with Gasteiger partial charge in [-0.15, -0.1) is 0 Å². The number of aromatic nitrogens is 5. The average molecular weight is 401 g/mol. The maximum Gasteiger partial charge on any atom is 0.232 e. The summed E-state index contributed by atoms with van der Waals surface area (Å²) in [5.41, 5.74) is 4.19. The number of aromatic amines is 1. The van der Waals surface area contributed by atoms with Crippen LogP contribution in [-0.2, 0) is 0 Å². The van der Waals surface area contributed by atoms with Crippen LogP contribution in [0.15, 0.2) is 41.2 Å². The van der Waals surface area contributed by atoms with Crippen molar-refractivity contribution in [3.05, 3.63) is 53.9 Å². The lowest BCUT2D eigenvalue weighted by Crippen LogP contribution is -1.94. The maximum absolute atomic E-state index is 6.05. The molecule has 0 aliphatic heterocycles. The van der Waals surface area contributed by atoms with Crippen LogP contribution in [0.1, 0.15) is 17.3 Å². The Hall–Kier alpha value is -3.94. The Bertz CT molecular complexity index is 1370. The van der Waals surface area contributed by atoms with E-state index in [1.54, 1.807) is 19.5 Å². The van der Waals surface area contributed by atoms with Crippen LogP contribution in [0.25, 0.3) is 33.1 Å². The lowest BCUT2D eigenvalue weighted by Gasteiger charge is -2.10. The minimum atomic E-state index is 0.462. The number of nitrogens with one attached hydrogen (secondary N) is 1. The molecule has 30 heavy (non-hydrogen) atoms. The van der Waals surface area contributed by atoms with Crippen LogP contribution in [-0.4, -0.2) is 32.2 Å². The summed E-state index contributed by atoms with van der Waals surface area (Å²) < 4.78 is 17.1. The van der Waals surface area contributed by atoms with Gasteiger partial charge in [0.2, 0.25) is 5.88 Å². The minimum Gasteiger partial charge on any atom is -0.496 e. The van der Waals surface area contributed by atoms with E-state index in [1.807, 2.05) is 45.0 Å². The number of benzene rings is 1. The van der Waals surface area contributed by atoms with Gasteiger partial charge >= 0.3 is 0 Å². The monoisotopic (exact) mass is 401 g/mol. The van der Waals surface area contributed by atoms with Crippen LogP contribution in [0.4, 0.5) is 0 Å². The van der Waals surface area contributed by atoms with Gasteiger partial charge in [-0.2, -0.15) is 4.98 Å². The largest absolute Gasteiger partial charge is 0.496 e. The highest BCUT2D eigenvalue weighted by Gasteiger charge is 2.21. The van der Waals surface area contributed by atoms with E-state index in [4.69, 9.17) is 14.0 Å². The molecule has 5 aromatic rings. The number of hydrogen-bond donors (Lipinski definition) is 1. The summed E-state index contributed by atoms with van der Waals surface area (Å²) in [7, 11) is 1.64. The molecule has 8 heteroatoms. The Labute approximate surface area is 171 Å². The molecule has 0 unspecified atom stereocenters. The molecular formula is C22H19N5O3. The first-order chi connectivity index (χ1) is 14.5. The second kappa shape index (κ2) is 6.84. The first-order valence-electron chi connectivity index (χ1n) is 9.44. The molecule has 0 atom stereocenters. The third-order valence-electron chi connectivity index (χ3n) is 5.00. The number of methoxy groups -OCH3 is 1. The van der Waals surface area contributed by atoms with Gasteiger partial charge in [0.15, 0.2) is 0 Å².